The van der Waals surface area contributed by atoms with E-state index >= 15 is 0 Å². The molecule has 1 aliphatic rings. The second-order valence-electron chi connectivity index (χ2n) is 5.94. The lowest BCUT2D eigenvalue weighted by atomic mass is 9.99. The Kier molecular flexibility index (Phi) is 3.93. The second-order valence-corrected chi connectivity index (χ2v) is 5.94. The van der Waals surface area contributed by atoms with Crippen LogP contribution < -0.4 is 5.32 Å². The molecule has 0 aliphatic carbocycles. The minimum Gasteiger partial charge on any atom is -0.348 e. The number of carbonyl (C=O) groups is 1. The first kappa shape index (κ1) is 14.1. The van der Waals surface area contributed by atoms with Crippen molar-refractivity contribution < 1.29 is 4.79 Å². The lowest BCUT2D eigenvalue weighted by Gasteiger charge is -2.22. The van der Waals surface area contributed by atoms with Crippen molar-refractivity contribution in [2.24, 2.45) is 0 Å². The average molecular weight is 282 g/mol. The highest BCUT2D eigenvalue weighted by Gasteiger charge is 2.28. The van der Waals surface area contributed by atoms with Crippen LogP contribution in [0.2, 0.25) is 0 Å². The van der Waals surface area contributed by atoms with E-state index in [1.54, 1.807) is 0 Å². The van der Waals surface area contributed by atoms with Gasteiger partial charge in [0.15, 0.2) is 0 Å². The molecule has 110 valence electrons. The van der Waals surface area contributed by atoms with Crippen LogP contribution in [-0.4, -0.2) is 30.4 Å². The standard InChI is InChI=1S/C18H22N2O/c1-13(19-18(21)17-11-6-12-20(17)2)15-10-5-8-14-7-3-4-9-16(14)15/h3-5,7-10,13,17H,6,11-12H2,1-2H3,(H,19,21)/t13-,17+/m0/s1. The predicted molar refractivity (Wildman–Crippen MR) is 86.2 cm³/mol. The lowest BCUT2D eigenvalue weighted by Crippen LogP contribution is -2.42. The second kappa shape index (κ2) is 5.86. The third-order valence-corrected chi connectivity index (χ3v) is 4.47. The van der Waals surface area contributed by atoms with Crippen LogP contribution in [0.5, 0.6) is 0 Å². The van der Waals surface area contributed by atoms with E-state index in [2.05, 4.69) is 47.5 Å². The maximum absolute atomic E-state index is 12.4. The minimum absolute atomic E-state index is 0.0256. The summed E-state index contributed by atoms with van der Waals surface area (Å²) in [4.78, 5) is 14.6. The number of benzene rings is 2. The molecular formula is C18H22N2O. The largest absolute Gasteiger partial charge is 0.348 e. The number of likely N-dealkylation sites (N-methyl/N-ethyl adjacent to an activating group) is 1. The molecule has 3 rings (SSSR count). The smallest absolute Gasteiger partial charge is 0.237 e. The van der Waals surface area contributed by atoms with Gasteiger partial charge in [-0.15, -0.1) is 0 Å². The normalized spacial score (nSPS) is 20.6. The van der Waals surface area contributed by atoms with Crippen LogP contribution in [0.1, 0.15) is 31.4 Å². The van der Waals surface area contributed by atoms with Crippen LogP contribution in [0.4, 0.5) is 0 Å². The van der Waals surface area contributed by atoms with Crippen molar-refractivity contribution in [2.75, 3.05) is 13.6 Å². The van der Waals surface area contributed by atoms with Gasteiger partial charge in [0.25, 0.3) is 0 Å². The van der Waals surface area contributed by atoms with Crippen molar-refractivity contribution in [2.45, 2.75) is 31.8 Å². The highest BCUT2D eigenvalue weighted by atomic mass is 16.2. The van der Waals surface area contributed by atoms with E-state index < -0.39 is 0 Å². The molecule has 2 aromatic rings. The van der Waals surface area contributed by atoms with Crippen LogP contribution in [0.3, 0.4) is 0 Å². The van der Waals surface area contributed by atoms with Gasteiger partial charge in [0.1, 0.15) is 0 Å². The highest BCUT2D eigenvalue weighted by Crippen LogP contribution is 2.24. The van der Waals surface area contributed by atoms with Crippen molar-refractivity contribution in [3.05, 3.63) is 48.0 Å². The molecule has 2 aromatic carbocycles. The molecule has 1 fully saturated rings. The Labute approximate surface area is 125 Å². The molecule has 1 heterocycles. The summed E-state index contributed by atoms with van der Waals surface area (Å²) in [5.41, 5.74) is 1.18. The average Bonchev–Trinajstić information content (AvgIpc) is 2.92. The van der Waals surface area contributed by atoms with Crippen LogP contribution in [0.15, 0.2) is 42.5 Å². The molecule has 1 amide bonds. The lowest BCUT2D eigenvalue weighted by molar-refractivity contribution is -0.125. The zero-order valence-corrected chi connectivity index (χ0v) is 12.7. The summed E-state index contributed by atoms with van der Waals surface area (Å²) in [6.45, 7) is 3.08. The van der Waals surface area contributed by atoms with Gasteiger partial charge in [-0.2, -0.15) is 0 Å². The van der Waals surface area contributed by atoms with Crippen LogP contribution in [-0.2, 0) is 4.79 Å². The first-order chi connectivity index (χ1) is 10.2. The van der Waals surface area contributed by atoms with Crippen molar-refractivity contribution in [1.29, 1.82) is 0 Å². The minimum atomic E-state index is 0.0256. The number of hydrogen-bond acceptors (Lipinski definition) is 2. The molecule has 0 bridgehead atoms. The van der Waals surface area contributed by atoms with Gasteiger partial charge in [-0.3, -0.25) is 9.69 Å². The maximum atomic E-state index is 12.4. The number of amides is 1. The van der Waals surface area contributed by atoms with E-state index in [4.69, 9.17) is 0 Å². The summed E-state index contributed by atoms with van der Waals surface area (Å²) >= 11 is 0. The fraction of sp³-hybridized carbons (Fsp3) is 0.389. The van der Waals surface area contributed by atoms with Gasteiger partial charge in [0, 0.05) is 0 Å². The maximum Gasteiger partial charge on any atom is 0.237 e. The van der Waals surface area contributed by atoms with E-state index in [9.17, 15) is 4.79 Å². The Morgan fingerprint density at radius 3 is 2.76 bits per heavy atom. The zero-order chi connectivity index (χ0) is 14.8. The Hall–Kier alpha value is -1.87. The van der Waals surface area contributed by atoms with Gasteiger partial charge < -0.3 is 5.32 Å². The molecule has 0 radical (unpaired) electrons. The van der Waals surface area contributed by atoms with Crippen LogP contribution >= 0.6 is 0 Å². The first-order valence-electron chi connectivity index (χ1n) is 7.65. The van der Waals surface area contributed by atoms with Crippen molar-refractivity contribution in [1.82, 2.24) is 10.2 Å². The Morgan fingerprint density at radius 1 is 1.24 bits per heavy atom. The molecule has 21 heavy (non-hydrogen) atoms. The molecular weight excluding hydrogens is 260 g/mol. The molecule has 3 heteroatoms. The summed E-state index contributed by atoms with van der Waals surface area (Å²) < 4.78 is 0. The summed E-state index contributed by atoms with van der Waals surface area (Å²) in [6.07, 6.45) is 2.07. The molecule has 0 spiro atoms. The van der Waals surface area contributed by atoms with Gasteiger partial charge in [0.05, 0.1) is 12.1 Å². The number of fused-ring (bicyclic) bond motifs is 1. The van der Waals surface area contributed by atoms with Gasteiger partial charge in [-0.05, 0) is 49.7 Å². The summed E-state index contributed by atoms with van der Waals surface area (Å²) in [7, 11) is 2.03. The third kappa shape index (κ3) is 2.79. The number of nitrogens with one attached hydrogen (secondary N) is 1. The summed E-state index contributed by atoms with van der Waals surface area (Å²) in [6, 6.07) is 14.6. The van der Waals surface area contributed by atoms with E-state index in [0.29, 0.717) is 0 Å². The summed E-state index contributed by atoms with van der Waals surface area (Å²) in [5, 5.41) is 5.61. The topological polar surface area (TPSA) is 32.3 Å². The number of hydrogen-bond donors (Lipinski definition) is 1. The fourth-order valence-electron chi connectivity index (χ4n) is 3.26. The van der Waals surface area contributed by atoms with Gasteiger partial charge in [-0.25, -0.2) is 0 Å². The van der Waals surface area contributed by atoms with Crippen LogP contribution in [0.25, 0.3) is 10.8 Å². The molecule has 3 nitrogen and oxygen atoms in total. The molecule has 2 atom stereocenters. The number of nitrogens with zero attached hydrogens (tertiary/aromatic N) is 1. The molecule has 0 unspecified atom stereocenters. The quantitative estimate of drug-likeness (QED) is 0.938. The SMILES string of the molecule is C[C@H](NC(=O)[C@H]1CCCN1C)c1cccc2ccccc12. The van der Waals surface area contributed by atoms with Gasteiger partial charge in [-0.1, -0.05) is 42.5 Å². The Balaban J connectivity index is 1.81. The van der Waals surface area contributed by atoms with Crippen LogP contribution in [0, 0.1) is 0 Å². The van der Waals surface area contributed by atoms with Crippen molar-refractivity contribution in [3.8, 4) is 0 Å². The molecule has 1 N–H and O–H groups in total. The Morgan fingerprint density at radius 2 is 2.00 bits per heavy atom. The Bertz CT molecular complexity index is 647. The first-order valence-corrected chi connectivity index (χ1v) is 7.65. The van der Waals surface area contributed by atoms with Gasteiger partial charge >= 0.3 is 0 Å². The van der Waals surface area contributed by atoms with Crippen molar-refractivity contribution in [3.63, 3.8) is 0 Å². The number of carbonyl (C=O) groups excluding carboxylic acids is 1. The zero-order valence-electron chi connectivity index (χ0n) is 12.7. The molecule has 1 saturated heterocycles. The van der Waals surface area contributed by atoms with Gasteiger partial charge in [0.2, 0.25) is 5.91 Å². The third-order valence-electron chi connectivity index (χ3n) is 4.47. The molecule has 1 aliphatic heterocycles. The number of rotatable bonds is 3. The molecule has 0 saturated carbocycles. The highest BCUT2D eigenvalue weighted by molar-refractivity contribution is 5.87. The van der Waals surface area contributed by atoms with E-state index in [1.165, 1.54) is 16.3 Å². The van der Waals surface area contributed by atoms with E-state index in [1.807, 2.05) is 19.2 Å². The van der Waals surface area contributed by atoms with Crippen molar-refractivity contribution >= 4 is 16.7 Å². The summed E-state index contributed by atoms with van der Waals surface area (Å²) in [5.74, 6) is 0.149. The monoisotopic (exact) mass is 282 g/mol. The van der Waals surface area contributed by atoms with E-state index in [-0.39, 0.29) is 18.0 Å². The molecule has 0 aromatic heterocycles. The fourth-order valence-corrected chi connectivity index (χ4v) is 3.26. The predicted octanol–water partition coefficient (Wildman–Crippen LogP) is 3.11. The van der Waals surface area contributed by atoms with E-state index in [0.717, 1.165) is 19.4 Å². The number of likely N-dealkylation sites (tertiary alicyclic amines) is 1.